The number of nitrogens with zero attached hydrogens (tertiary/aromatic N) is 2. The monoisotopic (exact) mass is 341 g/mol. The van der Waals surface area contributed by atoms with Gasteiger partial charge in [0.2, 0.25) is 5.91 Å². The average molecular weight is 341 g/mol. The molecule has 1 unspecified atom stereocenters. The summed E-state index contributed by atoms with van der Waals surface area (Å²) in [6.45, 7) is 3.02. The summed E-state index contributed by atoms with van der Waals surface area (Å²) in [6, 6.07) is 9.93. The van der Waals surface area contributed by atoms with Crippen LogP contribution in [0.25, 0.3) is 0 Å². The molecule has 3 saturated heterocycles. The molecular weight excluding hydrogens is 310 g/mol. The summed E-state index contributed by atoms with van der Waals surface area (Å²) < 4.78 is 0. The highest BCUT2D eigenvalue weighted by molar-refractivity contribution is 5.76. The standard InChI is InChI=1S/C21H31N3O/c1-23(21(25)14-16-12-18-8-9-19(13-16)22-18)15-17-6-2-3-7-20(17)24-10-4-5-11-24/h2-3,6-7,16,18-19,22H,4-5,8-15H2,1H3/t16?,18-,19+. The zero-order valence-corrected chi connectivity index (χ0v) is 15.4. The fourth-order valence-electron chi connectivity index (χ4n) is 5.00. The van der Waals surface area contributed by atoms with Crippen LogP contribution >= 0.6 is 0 Å². The molecule has 2 bridgehead atoms. The van der Waals surface area contributed by atoms with Crippen LogP contribution in [-0.4, -0.2) is 43.0 Å². The minimum Gasteiger partial charge on any atom is -0.371 e. The van der Waals surface area contributed by atoms with Crippen LogP contribution in [0, 0.1) is 5.92 Å². The number of para-hydroxylation sites is 1. The maximum Gasteiger partial charge on any atom is 0.222 e. The second-order valence-corrected chi connectivity index (χ2v) is 8.25. The number of amides is 1. The van der Waals surface area contributed by atoms with Gasteiger partial charge in [0.05, 0.1) is 0 Å². The first-order valence-corrected chi connectivity index (χ1v) is 10.0. The van der Waals surface area contributed by atoms with Crippen molar-refractivity contribution in [1.82, 2.24) is 10.2 Å². The molecule has 1 N–H and O–H groups in total. The Morgan fingerprint density at radius 1 is 1.16 bits per heavy atom. The van der Waals surface area contributed by atoms with E-state index in [1.165, 1.54) is 49.8 Å². The number of fused-ring (bicyclic) bond motifs is 2. The highest BCUT2D eigenvalue weighted by atomic mass is 16.2. The van der Waals surface area contributed by atoms with Crippen molar-refractivity contribution < 1.29 is 4.79 Å². The van der Waals surface area contributed by atoms with Gasteiger partial charge in [0.15, 0.2) is 0 Å². The third-order valence-electron chi connectivity index (χ3n) is 6.31. The third-order valence-corrected chi connectivity index (χ3v) is 6.31. The molecule has 1 aromatic rings. The molecule has 1 amide bonds. The first-order chi connectivity index (χ1) is 12.2. The molecule has 0 aliphatic carbocycles. The van der Waals surface area contributed by atoms with Gasteiger partial charge in [-0.25, -0.2) is 0 Å². The molecule has 3 aliphatic heterocycles. The normalized spacial score (nSPS) is 28.4. The molecule has 3 heterocycles. The Labute approximate surface area is 151 Å². The van der Waals surface area contributed by atoms with Gasteiger partial charge in [0, 0.05) is 50.9 Å². The van der Waals surface area contributed by atoms with Crippen LogP contribution in [0.2, 0.25) is 0 Å². The smallest absolute Gasteiger partial charge is 0.222 e. The predicted molar refractivity (Wildman–Crippen MR) is 102 cm³/mol. The minimum absolute atomic E-state index is 0.308. The fraction of sp³-hybridized carbons (Fsp3) is 0.667. The number of carbonyl (C=O) groups is 1. The van der Waals surface area contributed by atoms with E-state index in [9.17, 15) is 4.79 Å². The number of carbonyl (C=O) groups excluding carboxylic acids is 1. The molecule has 3 aliphatic rings. The molecule has 25 heavy (non-hydrogen) atoms. The summed E-state index contributed by atoms with van der Waals surface area (Å²) in [7, 11) is 1.97. The van der Waals surface area contributed by atoms with Gasteiger partial charge in [0.1, 0.15) is 0 Å². The molecule has 4 heteroatoms. The molecule has 4 rings (SSSR count). The second kappa shape index (κ2) is 7.36. The number of piperidine rings is 1. The number of anilines is 1. The van der Waals surface area contributed by atoms with Crippen LogP contribution < -0.4 is 10.2 Å². The first-order valence-electron chi connectivity index (χ1n) is 10.0. The largest absolute Gasteiger partial charge is 0.371 e. The Morgan fingerprint density at radius 3 is 2.56 bits per heavy atom. The number of nitrogens with one attached hydrogen (secondary N) is 1. The van der Waals surface area contributed by atoms with Crippen molar-refractivity contribution in [3.8, 4) is 0 Å². The quantitative estimate of drug-likeness (QED) is 0.893. The first kappa shape index (κ1) is 16.9. The van der Waals surface area contributed by atoms with Gasteiger partial charge in [-0.05, 0) is 56.1 Å². The van der Waals surface area contributed by atoms with Crippen LogP contribution in [0.5, 0.6) is 0 Å². The fourth-order valence-corrected chi connectivity index (χ4v) is 5.00. The van der Waals surface area contributed by atoms with Gasteiger partial charge in [-0.15, -0.1) is 0 Å². The van der Waals surface area contributed by atoms with Crippen molar-refractivity contribution >= 4 is 11.6 Å². The summed E-state index contributed by atoms with van der Waals surface area (Å²) in [5.74, 6) is 0.880. The summed E-state index contributed by atoms with van der Waals surface area (Å²) >= 11 is 0. The number of hydrogen-bond donors (Lipinski definition) is 1. The zero-order valence-electron chi connectivity index (χ0n) is 15.4. The molecule has 0 aromatic heterocycles. The van der Waals surface area contributed by atoms with Gasteiger partial charge < -0.3 is 15.1 Å². The SMILES string of the molecule is CN(Cc1ccccc1N1CCCC1)C(=O)CC1C[C@H]2CC[C@@H](C1)N2. The van der Waals surface area contributed by atoms with Crippen molar-refractivity contribution in [3.05, 3.63) is 29.8 Å². The zero-order chi connectivity index (χ0) is 17.2. The summed E-state index contributed by atoms with van der Waals surface area (Å²) in [5, 5.41) is 3.67. The highest BCUT2D eigenvalue weighted by Gasteiger charge is 2.34. The molecule has 0 saturated carbocycles. The molecule has 3 atom stereocenters. The van der Waals surface area contributed by atoms with E-state index in [4.69, 9.17) is 0 Å². The lowest BCUT2D eigenvalue weighted by atomic mass is 9.89. The van der Waals surface area contributed by atoms with Gasteiger partial charge in [-0.1, -0.05) is 18.2 Å². The van der Waals surface area contributed by atoms with E-state index in [1.54, 1.807) is 0 Å². The summed E-state index contributed by atoms with van der Waals surface area (Å²) in [5.41, 5.74) is 2.60. The van der Waals surface area contributed by atoms with Gasteiger partial charge >= 0.3 is 0 Å². The van der Waals surface area contributed by atoms with Crippen molar-refractivity contribution in [3.63, 3.8) is 0 Å². The van der Waals surface area contributed by atoms with Crippen LogP contribution in [0.15, 0.2) is 24.3 Å². The molecule has 136 valence electrons. The molecule has 4 nitrogen and oxygen atoms in total. The maximum atomic E-state index is 12.8. The van der Waals surface area contributed by atoms with Crippen molar-refractivity contribution in [2.24, 2.45) is 5.92 Å². The van der Waals surface area contributed by atoms with E-state index in [0.29, 0.717) is 23.9 Å². The van der Waals surface area contributed by atoms with Crippen LogP contribution in [0.4, 0.5) is 5.69 Å². The van der Waals surface area contributed by atoms with Crippen LogP contribution in [0.3, 0.4) is 0 Å². The van der Waals surface area contributed by atoms with Gasteiger partial charge in [-0.2, -0.15) is 0 Å². The van der Waals surface area contributed by atoms with Gasteiger partial charge in [-0.3, -0.25) is 4.79 Å². The van der Waals surface area contributed by atoms with E-state index in [1.807, 2.05) is 11.9 Å². The predicted octanol–water partition coefficient (Wildman–Crippen LogP) is 3.17. The Morgan fingerprint density at radius 2 is 1.84 bits per heavy atom. The summed E-state index contributed by atoms with van der Waals surface area (Å²) in [6.07, 6.45) is 8.24. The Hall–Kier alpha value is -1.55. The summed E-state index contributed by atoms with van der Waals surface area (Å²) in [4.78, 5) is 17.2. The molecule has 3 fully saturated rings. The number of rotatable bonds is 5. The molecule has 0 spiro atoms. The Kier molecular flexibility index (Phi) is 4.98. The molecular formula is C21H31N3O. The lowest BCUT2D eigenvalue weighted by Crippen LogP contribution is -2.40. The van der Waals surface area contributed by atoms with E-state index in [2.05, 4.69) is 34.5 Å². The second-order valence-electron chi connectivity index (χ2n) is 8.25. The van der Waals surface area contributed by atoms with Crippen LogP contribution in [-0.2, 0) is 11.3 Å². The number of hydrogen-bond acceptors (Lipinski definition) is 3. The third kappa shape index (κ3) is 3.84. The Balaban J connectivity index is 1.36. The van der Waals surface area contributed by atoms with Crippen molar-refractivity contribution in [2.75, 3.05) is 25.0 Å². The average Bonchev–Trinajstić information content (AvgIpc) is 3.25. The van der Waals surface area contributed by atoms with E-state index in [-0.39, 0.29) is 0 Å². The van der Waals surface area contributed by atoms with E-state index in [0.717, 1.165) is 26.1 Å². The van der Waals surface area contributed by atoms with Crippen molar-refractivity contribution in [1.29, 1.82) is 0 Å². The van der Waals surface area contributed by atoms with E-state index < -0.39 is 0 Å². The minimum atomic E-state index is 0.308. The van der Waals surface area contributed by atoms with Gasteiger partial charge in [0.25, 0.3) is 0 Å². The number of benzene rings is 1. The van der Waals surface area contributed by atoms with E-state index >= 15 is 0 Å². The van der Waals surface area contributed by atoms with Crippen LogP contribution in [0.1, 0.15) is 50.5 Å². The lowest BCUT2D eigenvalue weighted by molar-refractivity contribution is -0.131. The Bertz CT molecular complexity index is 599. The maximum absolute atomic E-state index is 12.8. The molecule has 1 aromatic carbocycles. The highest BCUT2D eigenvalue weighted by Crippen LogP contribution is 2.33. The lowest BCUT2D eigenvalue weighted by Gasteiger charge is -2.30. The molecule has 0 radical (unpaired) electrons. The van der Waals surface area contributed by atoms with Crippen molar-refractivity contribution in [2.45, 2.75) is 63.6 Å². The topological polar surface area (TPSA) is 35.6 Å².